The molecule has 4 rings (SSSR count). The summed E-state index contributed by atoms with van der Waals surface area (Å²) in [5.74, 6) is 0.321. The van der Waals surface area contributed by atoms with Gasteiger partial charge in [-0.3, -0.25) is 9.59 Å². The van der Waals surface area contributed by atoms with Crippen molar-refractivity contribution in [2.24, 2.45) is 0 Å². The van der Waals surface area contributed by atoms with E-state index >= 15 is 0 Å². The highest BCUT2D eigenvalue weighted by molar-refractivity contribution is 5.82. The van der Waals surface area contributed by atoms with Crippen LogP contribution in [0.1, 0.15) is 6.42 Å². The van der Waals surface area contributed by atoms with Crippen LogP contribution in [0.3, 0.4) is 0 Å². The first-order valence-corrected chi connectivity index (χ1v) is 10.5. The van der Waals surface area contributed by atoms with E-state index in [1.807, 2.05) is 65.4 Å². The molecule has 162 valence electrons. The Morgan fingerprint density at radius 3 is 2.42 bits per heavy atom. The summed E-state index contributed by atoms with van der Waals surface area (Å²) in [4.78, 5) is 28.6. The van der Waals surface area contributed by atoms with Crippen LogP contribution in [0, 0.1) is 0 Å². The van der Waals surface area contributed by atoms with E-state index in [2.05, 4.69) is 4.90 Å². The van der Waals surface area contributed by atoms with Crippen LogP contribution in [0.5, 0.6) is 5.75 Å². The number of amides is 1. The number of ether oxygens (including phenoxy) is 2. The van der Waals surface area contributed by atoms with E-state index in [4.69, 9.17) is 9.47 Å². The smallest absolute Gasteiger partial charge is 0.308 e. The minimum atomic E-state index is -0.358. The highest BCUT2D eigenvalue weighted by Gasteiger charge is 2.22. The topological polar surface area (TPSA) is 64.0 Å². The Morgan fingerprint density at radius 1 is 0.935 bits per heavy atom. The first kappa shape index (κ1) is 20.8. The van der Waals surface area contributed by atoms with Crippen molar-refractivity contribution in [2.75, 3.05) is 44.8 Å². The SMILES string of the molecule is COc1ccc(N2CCN(C(=O)COC(=O)CCn3ccc4ccccc43)CC2)cc1. The molecule has 2 aromatic carbocycles. The van der Waals surface area contributed by atoms with E-state index in [9.17, 15) is 9.59 Å². The van der Waals surface area contributed by atoms with Gasteiger partial charge in [0, 0.05) is 50.1 Å². The van der Waals surface area contributed by atoms with Gasteiger partial charge < -0.3 is 23.8 Å². The average Bonchev–Trinajstić information content (AvgIpc) is 3.24. The minimum Gasteiger partial charge on any atom is -0.497 e. The molecule has 1 aliphatic rings. The maximum atomic E-state index is 12.4. The van der Waals surface area contributed by atoms with Gasteiger partial charge in [-0.1, -0.05) is 18.2 Å². The fraction of sp³-hybridized carbons (Fsp3) is 0.333. The maximum Gasteiger partial charge on any atom is 0.308 e. The number of esters is 1. The second kappa shape index (κ2) is 9.55. The van der Waals surface area contributed by atoms with E-state index in [-0.39, 0.29) is 24.9 Å². The van der Waals surface area contributed by atoms with Crippen LogP contribution in [0.25, 0.3) is 10.9 Å². The van der Waals surface area contributed by atoms with Crippen LogP contribution >= 0.6 is 0 Å². The normalized spacial score (nSPS) is 14.0. The van der Waals surface area contributed by atoms with Crippen LogP contribution in [0.15, 0.2) is 60.8 Å². The van der Waals surface area contributed by atoms with Crippen LogP contribution < -0.4 is 9.64 Å². The van der Waals surface area contributed by atoms with Crippen LogP contribution in [-0.4, -0.2) is 61.2 Å². The van der Waals surface area contributed by atoms with Crippen LogP contribution in [0.2, 0.25) is 0 Å². The monoisotopic (exact) mass is 421 g/mol. The van der Waals surface area contributed by atoms with Gasteiger partial charge in [-0.25, -0.2) is 0 Å². The second-order valence-corrected chi connectivity index (χ2v) is 7.54. The first-order valence-electron chi connectivity index (χ1n) is 10.5. The summed E-state index contributed by atoms with van der Waals surface area (Å²) in [6.45, 7) is 3.03. The molecule has 7 heteroatoms. The van der Waals surface area contributed by atoms with Gasteiger partial charge in [0.15, 0.2) is 6.61 Å². The predicted molar refractivity (Wildman–Crippen MR) is 119 cm³/mol. The molecule has 1 amide bonds. The van der Waals surface area contributed by atoms with E-state index in [1.165, 1.54) is 0 Å². The number of carbonyl (C=O) groups excluding carboxylic acids is 2. The summed E-state index contributed by atoms with van der Waals surface area (Å²) >= 11 is 0. The van der Waals surface area contributed by atoms with Gasteiger partial charge in [0.25, 0.3) is 5.91 Å². The van der Waals surface area contributed by atoms with Gasteiger partial charge in [0.05, 0.1) is 13.5 Å². The third kappa shape index (κ3) is 4.99. The molecule has 0 spiro atoms. The summed E-state index contributed by atoms with van der Waals surface area (Å²) in [6, 6.07) is 18.0. The van der Waals surface area contributed by atoms with E-state index < -0.39 is 0 Å². The number of benzene rings is 2. The van der Waals surface area contributed by atoms with Gasteiger partial charge in [-0.05, 0) is 41.8 Å². The van der Waals surface area contributed by atoms with Gasteiger partial charge in [0.1, 0.15) is 5.75 Å². The molecule has 0 saturated carbocycles. The number of piperazine rings is 1. The molecule has 1 aliphatic heterocycles. The molecule has 0 radical (unpaired) electrons. The molecule has 0 atom stereocenters. The molecule has 31 heavy (non-hydrogen) atoms. The Morgan fingerprint density at radius 2 is 1.68 bits per heavy atom. The zero-order valence-corrected chi connectivity index (χ0v) is 17.7. The number of hydrogen-bond donors (Lipinski definition) is 0. The molecule has 1 aromatic heterocycles. The summed E-state index contributed by atoms with van der Waals surface area (Å²) < 4.78 is 12.5. The number of methoxy groups -OCH3 is 1. The molecule has 2 heterocycles. The second-order valence-electron chi connectivity index (χ2n) is 7.54. The third-order valence-corrected chi connectivity index (χ3v) is 5.66. The van der Waals surface area contributed by atoms with Gasteiger partial charge in [-0.2, -0.15) is 0 Å². The molecular formula is C24H27N3O4. The third-order valence-electron chi connectivity index (χ3n) is 5.66. The lowest BCUT2D eigenvalue weighted by atomic mass is 10.2. The van der Waals surface area contributed by atoms with Crippen molar-refractivity contribution >= 4 is 28.5 Å². The molecule has 3 aromatic rings. The quantitative estimate of drug-likeness (QED) is 0.549. The Labute approximate surface area is 181 Å². The van der Waals surface area contributed by atoms with Gasteiger partial charge in [0.2, 0.25) is 0 Å². The minimum absolute atomic E-state index is 0.144. The maximum absolute atomic E-state index is 12.4. The van der Waals surface area contributed by atoms with Crippen molar-refractivity contribution < 1.29 is 19.1 Å². The summed E-state index contributed by atoms with van der Waals surface area (Å²) in [6.07, 6.45) is 2.20. The predicted octanol–water partition coefficient (Wildman–Crippen LogP) is 2.93. The summed E-state index contributed by atoms with van der Waals surface area (Å²) in [5, 5.41) is 1.14. The number of anilines is 1. The molecule has 1 saturated heterocycles. The number of aryl methyl sites for hydroxylation is 1. The fourth-order valence-electron chi connectivity index (χ4n) is 3.86. The molecule has 0 N–H and O–H groups in total. The van der Waals surface area contributed by atoms with Crippen LogP contribution in [0.4, 0.5) is 5.69 Å². The van der Waals surface area contributed by atoms with E-state index in [1.54, 1.807) is 12.0 Å². The van der Waals surface area contributed by atoms with Crippen molar-refractivity contribution in [1.29, 1.82) is 0 Å². The first-order chi connectivity index (χ1) is 15.1. The van der Waals surface area contributed by atoms with E-state index in [0.29, 0.717) is 19.6 Å². The Kier molecular flexibility index (Phi) is 6.40. The van der Waals surface area contributed by atoms with Crippen molar-refractivity contribution in [3.8, 4) is 5.75 Å². The highest BCUT2D eigenvalue weighted by Crippen LogP contribution is 2.20. The lowest BCUT2D eigenvalue weighted by Gasteiger charge is -2.36. The molecule has 0 bridgehead atoms. The molecule has 1 fully saturated rings. The van der Waals surface area contributed by atoms with Crippen molar-refractivity contribution in [3.63, 3.8) is 0 Å². The average molecular weight is 421 g/mol. The Bertz CT molecular complexity index is 1040. The number of rotatable bonds is 7. The summed E-state index contributed by atoms with van der Waals surface area (Å²) in [5.41, 5.74) is 2.19. The number of para-hydroxylation sites is 1. The number of hydrogen-bond acceptors (Lipinski definition) is 5. The number of carbonyl (C=O) groups is 2. The molecule has 7 nitrogen and oxygen atoms in total. The van der Waals surface area contributed by atoms with E-state index in [0.717, 1.165) is 35.4 Å². The van der Waals surface area contributed by atoms with Crippen molar-refractivity contribution in [1.82, 2.24) is 9.47 Å². The van der Waals surface area contributed by atoms with Gasteiger partial charge >= 0.3 is 5.97 Å². The van der Waals surface area contributed by atoms with Crippen molar-refractivity contribution in [2.45, 2.75) is 13.0 Å². The van der Waals surface area contributed by atoms with Crippen molar-refractivity contribution in [3.05, 3.63) is 60.8 Å². The fourth-order valence-corrected chi connectivity index (χ4v) is 3.86. The lowest BCUT2D eigenvalue weighted by Crippen LogP contribution is -2.49. The largest absolute Gasteiger partial charge is 0.497 e. The Hall–Kier alpha value is -3.48. The number of nitrogens with zero attached hydrogens (tertiary/aromatic N) is 3. The Balaban J connectivity index is 1.19. The molecule has 0 aliphatic carbocycles. The highest BCUT2D eigenvalue weighted by atomic mass is 16.5. The zero-order chi connectivity index (χ0) is 21.6. The van der Waals surface area contributed by atoms with Gasteiger partial charge in [-0.15, -0.1) is 0 Å². The molecule has 0 unspecified atom stereocenters. The lowest BCUT2D eigenvalue weighted by molar-refractivity contribution is -0.152. The van der Waals surface area contributed by atoms with Crippen LogP contribution in [-0.2, 0) is 20.9 Å². The zero-order valence-electron chi connectivity index (χ0n) is 17.7. The number of aromatic nitrogens is 1. The standard InChI is InChI=1S/C24H27N3O4/c1-30-21-8-6-20(7-9-21)25-14-16-27(17-15-25)23(28)18-31-24(29)11-13-26-12-10-19-4-2-3-5-22(19)26/h2-10,12H,11,13-18H2,1H3. The number of fused-ring (bicyclic) bond motifs is 1. The molecular weight excluding hydrogens is 394 g/mol. The summed E-state index contributed by atoms with van der Waals surface area (Å²) in [7, 11) is 1.65.